The molecule has 0 saturated heterocycles. The maximum atomic E-state index is 14.4. The smallest absolute Gasteiger partial charge is 0.413 e. The number of halogens is 1. The second kappa shape index (κ2) is 6.67. The molecule has 0 saturated carbocycles. The molecule has 0 aliphatic rings. The zero-order valence-corrected chi connectivity index (χ0v) is 14.9. The van der Waals surface area contributed by atoms with Crippen LogP contribution in [0.4, 0.5) is 15.0 Å². The van der Waals surface area contributed by atoms with Gasteiger partial charge in [0.15, 0.2) is 0 Å². The predicted molar refractivity (Wildman–Crippen MR) is 95.8 cm³/mol. The fourth-order valence-corrected chi connectivity index (χ4v) is 2.38. The molecule has 6 nitrogen and oxygen atoms in total. The molecule has 0 aliphatic carbocycles. The number of rotatable bonds is 3. The van der Waals surface area contributed by atoms with Crippen LogP contribution in [0.5, 0.6) is 5.75 Å². The SMILES string of the molecule is COc1ccc2oc(-c3ccc(NC(=O)OC(C)(C)C)nc3F)cc2c1. The number of nitrogens with one attached hydrogen (secondary N) is 1. The van der Waals surface area contributed by atoms with Crippen LogP contribution in [-0.2, 0) is 4.74 Å². The van der Waals surface area contributed by atoms with E-state index < -0.39 is 17.6 Å². The third kappa shape index (κ3) is 3.93. The van der Waals surface area contributed by atoms with Gasteiger partial charge in [-0.15, -0.1) is 0 Å². The number of nitrogens with zero attached hydrogens (tertiary/aromatic N) is 1. The van der Waals surface area contributed by atoms with Gasteiger partial charge < -0.3 is 13.9 Å². The molecule has 0 atom stereocenters. The Kier molecular flexibility index (Phi) is 4.54. The van der Waals surface area contributed by atoms with Crippen LogP contribution in [0.15, 0.2) is 40.8 Å². The van der Waals surface area contributed by atoms with Crippen molar-refractivity contribution in [2.24, 2.45) is 0 Å². The number of benzene rings is 1. The number of pyridine rings is 1. The fourth-order valence-electron chi connectivity index (χ4n) is 2.38. The Morgan fingerprint density at radius 2 is 1.96 bits per heavy atom. The molecule has 7 heteroatoms. The Bertz CT molecular complexity index is 960. The maximum absolute atomic E-state index is 14.4. The van der Waals surface area contributed by atoms with Crippen molar-refractivity contribution in [1.82, 2.24) is 4.98 Å². The van der Waals surface area contributed by atoms with E-state index in [4.69, 9.17) is 13.9 Å². The number of fused-ring (bicyclic) bond motifs is 1. The molecular weight excluding hydrogens is 339 g/mol. The minimum Gasteiger partial charge on any atom is -0.497 e. The number of furan rings is 1. The molecule has 2 aromatic heterocycles. The highest BCUT2D eigenvalue weighted by Crippen LogP contribution is 2.31. The van der Waals surface area contributed by atoms with Crippen molar-refractivity contribution in [2.45, 2.75) is 26.4 Å². The van der Waals surface area contributed by atoms with Crippen molar-refractivity contribution in [2.75, 3.05) is 12.4 Å². The average molecular weight is 358 g/mol. The predicted octanol–water partition coefficient (Wildman–Crippen LogP) is 4.99. The van der Waals surface area contributed by atoms with E-state index in [1.54, 1.807) is 52.1 Å². The summed E-state index contributed by atoms with van der Waals surface area (Å²) in [4.78, 5) is 15.5. The first kappa shape index (κ1) is 17.7. The summed E-state index contributed by atoms with van der Waals surface area (Å²) in [5, 5.41) is 3.19. The Morgan fingerprint density at radius 3 is 2.62 bits per heavy atom. The first-order chi connectivity index (χ1) is 12.2. The van der Waals surface area contributed by atoms with Gasteiger partial charge in [0.05, 0.1) is 12.7 Å². The first-order valence-electron chi connectivity index (χ1n) is 8.00. The topological polar surface area (TPSA) is 73.6 Å². The highest BCUT2D eigenvalue weighted by Gasteiger charge is 2.18. The maximum Gasteiger partial charge on any atom is 0.413 e. The number of ether oxygens (including phenoxy) is 2. The van der Waals surface area contributed by atoms with Gasteiger partial charge in [-0.3, -0.25) is 5.32 Å². The van der Waals surface area contributed by atoms with Gasteiger partial charge >= 0.3 is 6.09 Å². The van der Waals surface area contributed by atoms with Gasteiger partial charge in [-0.2, -0.15) is 4.39 Å². The normalized spacial score (nSPS) is 11.4. The van der Waals surface area contributed by atoms with Gasteiger partial charge in [-0.25, -0.2) is 9.78 Å². The van der Waals surface area contributed by atoms with E-state index >= 15 is 0 Å². The lowest BCUT2D eigenvalue weighted by Gasteiger charge is -2.19. The van der Waals surface area contributed by atoms with Crippen LogP contribution in [0.2, 0.25) is 0 Å². The van der Waals surface area contributed by atoms with Crippen molar-refractivity contribution in [3.63, 3.8) is 0 Å². The van der Waals surface area contributed by atoms with Gasteiger partial charge in [0.2, 0.25) is 5.95 Å². The van der Waals surface area contributed by atoms with Crippen molar-refractivity contribution in [3.8, 4) is 17.1 Å². The largest absolute Gasteiger partial charge is 0.497 e. The third-order valence-corrected chi connectivity index (χ3v) is 3.47. The monoisotopic (exact) mass is 358 g/mol. The highest BCUT2D eigenvalue weighted by molar-refractivity contribution is 5.85. The number of aromatic nitrogens is 1. The summed E-state index contributed by atoms with van der Waals surface area (Å²) >= 11 is 0. The molecule has 1 amide bonds. The molecule has 1 N–H and O–H groups in total. The Hall–Kier alpha value is -3.09. The summed E-state index contributed by atoms with van der Waals surface area (Å²) < 4.78 is 30.4. The zero-order valence-electron chi connectivity index (χ0n) is 14.9. The van der Waals surface area contributed by atoms with E-state index in [2.05, 4.69) is 10.3 Å². The second-order valence-electron chi connectivity index (χ2n) is 6.68. The number of hydrogen-bond acceptors (Lipinski definition) is 5. The van der Waals surface area contributed by atoms with E-state index in [9.17, 15) is 9.18 Å². The third-order valence-electron chi connectivity index (χ3n) is 3.47. The zero-order chi connectivity index (χ0) is 18.9. The van der Waals surface area contributed by atoms with E-state index in [-0.39, 0.29) is 11.4 Å². The number of carbonyl (C=O) groups is 1. The lowest BCUT2D eigenvalue weighted by Crippen LogP contribution is -2.27. The van der Waals surface area contributed by atoms with E-state index in [0.717, 1.165) is 5.39 Å². The van der Waals surface area contributed by atoms with E-state index in [0.29, 0.717) is 17.1 Å². The van der Waals surface area contributed by atoms with E-state index in [1.807, 2.05) is 0 Å². The Labute approximate surface area is 149 Å². The lowest BCUT2D eigenvalue weighted by atomic mass is 10.2. The van der Waals surface area contributed by atoms with Gasteiger partial charge in [0.25, 0.3) is 0 Å². The minimum atomic E-state index is -0.760. The number of anilines is 1. The van der Waals surface area contributed by atoms with Crippen molar-refractivity contribution >= 4 is 22.9 Å². The lowest BCUT2D eigenvalue weighted by molar-refractivity contribution is 0.0635. The highest BCUT2D eigenvalue weighted by atomic mass is 19.1. The summed E-state index contributed by atoms with van der Waals surface area (Å²) in [5.74, 6) is 0.310. The summed E-state index contributed by atoms with van der Waals surface area (Å²) in [7, 11) is 1.57. The Balaban J connectivity index is 1.84. The van der Waals surface area contributed by atoms with Crippen molar-refractivity contribution in [3.05, 3.63) is 42.3 Å². The fraction of sp³-hybridized carbons (Fsp3) is 0.263. The molecule has 0 unspecified atom stereocenters. The molecule has 3 aromatic rings. The summed E-state index contributed by atoms with van der Waals surface area (Å²) in [5.41, 5.74) is 0.142. The number of amides is 1. The standard InChI is InChI=1S/C19H19FN2O4/c1-19(2,3)26-18(23)22-16-8-6-13(17(20)21-16)15-10-11-9-12(24-4)5-7-14(11)25-15/h5-10H,1-4H3,(H,21,22,23). The van der Waals surface area contributed by atoms with Gasteiger partial charge in [-0.05, 0) is 57.2 Å². The van der Waals surface area contributed by atoms with E-state index in [1.165, 1.54) is 12.1 Å². The van der Waals surface area contributed by atoms with Crippen LogP contribution in [-0.4, -0.2) is 23.8 Å². The molecule has 3 rings (SSSR count). The van der Waals surface area contributed by atoms with Crippen LogP contribution in [0.1, 0.15) is 20.8 Å². The van der Waals surface area contributed by atoms with Crippen molar-refractivity contribution < 1.29 is 23.1 Å². The molecular formula is C19H19FN2O4. The quantitative estimate of drug-likeness (QED) is 0.668. The van der Waals surface area contributed by atoms with Gasteiger partial charge in [0.1, 0.15) is 28.5 Å². The summed E-state index contributed by atoms with van der Waals surface area (Å²) in [6.07, 6.45) is -0.701. The second-order valence-corrected chi connectivity index (χ2v) is 6.68. The van der Waals surface area contributed by atoms with Crippen LogP contribution in [0.3, 0.4) is 0 Å². The van der Waals surface area contributed by atoms with Crippen LogP contribution in [0.25, 0.3) is 22.3 Å². The first-order valence-corrected chi connectivity index (χ1v) is 8.00. The molecule has 0 spiro atoms. The number of carbonyl (C=O) groups excluding carboxylic acids is 1. The summed E-state index contributed by atoms with van der Waals surface area (Å²) in [6, 6.07) is 9.99. The molecule has 1 aromatic carbocycles. The molecule has 0 aliphatic heterocycles. The van der Waals surface area contributed by atoms with Crippen LogP contribution < -0.4 is 10.1 Å². The van der Waals surface area contributed by atoms with Crippen LogP contribution in [0, 0.1) is 5.95 Å². The molecule has 26 heavy (non-hydrogen) atoms. The van der Waals surface area contributed by atoms with Crippen molar-refractivity contribution in [1.29, 1.82) is 0 Å². The molecule has 0 fully saturated rings. The molecule has 0 radical (unpaired) electrons. The molecule has 136 valence electrons. The molecule has 0 bridgehead atoms. The Morgan fingerprint density at radius 1 is 1.19 bits per heavy atom. The van der Waals surface area contributed by atoms with Gasteiger partial charge in [-0.1, -0.05) is 0 Å². The number of methoxy groups -OCH3 is 1. The average Bonchev–Trinajstić information content (AvgIpc) is 2.95. The van der Waals surface area contributed by atoms with Gasteiger partial charge in [0, 0.05) is 5.39 Å². The molecule has 2 heterocycles. The number of hydrogen-bond donors (Lipinski definition) is 1. The van der Waals surface area contributed by atoms with Crippen LogP contribution >= 0.6 is 0 Å². The minimum absolute atomic E-state index is 0.0540. The summed E-state index contributed by atoms with van der Waals surface area (Å²) in [6.45, 7) is 5.21.